The Bertz CT molecular complexity index is 1170. The van der Waals surface area contributed by atoms with Gasteiger partial charge >= 0.3 is 0 Å². The number of aromatic hydroxyl groups is 1. The monoisotopic (exact) mass is 531 g/mol. The molecule has 4 rings (SSSR count). The Hall–Kier alpha value is -2.27. The molecule has 1 aromatic carbocycles. The summed E-state index contributed by atoms with van der Waals surface area (Å²) in [4.78, 5) is 40.0. The molecular weight excluding hydrogens is 507 g/mol. The summed E-state index contributed by atoms with van der Waals surface area (Å²) in [7, 11) is 3.10. The van der Waals surface area contributed by atoms with E-state index in [2.05, 4.69) is 6.07 Å². The number of anilines is 1. The van der Waals surface area contributed by atoms with Crippen molar-refractivity contribution in [2.75, 3.05) is 19.8 Å². The van der Waals surface area contributed by atoms with E-state index in [4.69, 9.17) is 11.5 Å². The normalized spacial score (nSPS) is 28.8. The number of fused-ring (bicyclic) bond motifs is 3. The van der Waals surface area contributed by atoms with Gasteiger partial charge in [0.25, 0.3) is 5.91 Å². The SMILES string of the molecule is Cc1[c-]c(N)c(O)c2c1C[C@H]1C[C@H]3[C@H](N(C)C)C(=O)C(C(N)=O)=C(O)[C@@]3(O)C(=O)C1=C2O.[Y]. The van der Waals surface area contributed by atoms with Crippen molar-refractivity contribution in [3.05, 3.63) is 39.7 Å². The number of phenols is 1. The number of benzene rings is 1. The van der Waals surface area contributed by atoms with E-state index in [1.165, 1.54) is 4.90 Å². The Morgan fingerprint density at radius 2 is 1.82 bits per heavy atom. The van der Waals surface area contributed by atoms with Crippen molar-refractivity contribution in [1.82, 2.24) is 4.90 Å². The van der Waals surface area contributed by atoms with Crippen LogP contribution in [-0.4, -0.2) is 68.5 Å². The van der Waals surface area contributed by atoms with Gasteiger partial charge in [-0.1, -0.05) is 13.3 Å². The Kier molecular flexibility index (Phi) is 6.30. The molecule has 0 heterocycles. The number of Topliss-reactive ketones (excluding diaryl/α,β-unsaturated/α-hetero) is 2. The van der Waals surface area contributed by atoms with Crippen LogP contribution < -0.4 is 11.5 Å². The number of ketones is 2. The second-order valence-corrected chi connectivity index (χ2v) is 8.83. The van der Waals surface area contributed by atoms with Crippen LogP contribution >= 0.6 is 0 Å². The van der Waals surface area contributed by atoms with E-state index in [0.29, 0.717) is 11.1 Å². The molecule has 1 fully saturated rings. The molecule has 1 amide bonds. The number of primary amides is 1. The zero-order valence-corrected chi connectivity index (χ0v) is 21.2. The minimum Gasteiger partial charge on any atom is -0.563 e. The van der Waals surface area contributed by atoms with Gasteiger partial charge in [0.2, 0.25) is 5.78 Å². The number of aliphatic hydroxyl groups is 3. The Labute approximate surface area is 214 Å². The number of likely N-dealkylation sites (N-methyl/N-ethyl adjacent to an activating group) is 1. The maximum Gasteiger partial charge on any atom is 0.255 e. The van der Waals surface area contributed by atoms with Crippen molar-refractivity contribution < 1.29 is 67.5 Å². The number of nitrogens with two attached hydrogens (primary N) is 2. The first-order valence-electron chi connectivity index (χ1n) is 10.0. The van der Waals surface area contributed by atoms with E-state index in [9.17, 15) is 34.8 Å². The summed E-state index contributed by atoms with van der Waals surface area (Å²) in [5, 5.41) is 43.7. The van der Waals surface area contributed by atoms with Crippen molar-refractivity contribution in [2.24, 2.45) is 17.6 Å². The first-order chi connectivity index (χ1) is 14.8. The standard InChI is InChI=1S/C22H24N3O7.Y/c1-7-4-11(23)16(26)13-9(7)5-8-6-10-15(25(2)3)18(28)14(21(24)31)20(30)22(10,32)19(29)12(8)17(13)27;/h8,10,15,26-27,30,32H,5-6,23H2,1-3H3,(H2,24,31);/q-1;/t8-,10-,15-,22-;/m0./s1. The van der Waals surface area contributed by atoms with Crippen LogP contribution in [-0.2, 0) is 53.5 Å². The number of carbonyl (C=O) groups excluding carboxylic acids is 3. The topological polar surface area (TPSA) is 187 Å². The number of rotatable bonds is 2. The van der Waals surface area contributed by atoms with Gasteiger partial charge < -0.3 is 31.9 Å². The molecule has 10 nitrogen and oxygen atoms in total. The summed E-state index contributed by atoms with van der Waals surface area (Å²) in [6, 6.07) is 1.70. The first-order valence-corrected chi connectivity index (χ1v) is 10.0. The molecule has 173 valence electrons. The van der Waals surface area contributed by atoms with Gasteiger partial charge in [-0.15, -0.1) is 5.56 Å². The van der Waals surface area contributed by atoms with Gasteiger partial charge in [0.1, 0.15) is 17.1 Å². The van der Waals surface area contributed by atoms with Crippen molar-refractivity contribution in [3.63, 3.8) is 0 Å². The molecular formula is C22H24N3O7Y-. The zero-order valence-electron chi connectivity index (χ0n) is 18.3. The molecule has 11 heteroatoms. The molecule has 0 saturated heterocycles. The second kappa shape index (κ2) is 8.19. The van der Waals surface area contributed by atoms with E-state index in [-0.39, 0.29) is 62.4 Å². The number of amides is 1. The summed E-state index contributed by atoms with van der Waals surface area (Å²) in [5.74, 6) is -6.96. The number of phenolic OH excluding ortho intramolecular Hbond substituents is 1. The Morgan fingerprint density at radius 3 is 2.36 bits per heavy atom. The van der Waals surface area contributed by atoms with E-state index < -0.39 is 63.8 Å². The van der Waals surface area contributed by atoms with Crippen LogP contribution in [0.4, 0.5) is 5.69 Å². The minimum atomic E-state index is -2.65. The zero-order chi connectivity index (χ0) is 23.9. The largest absolute Gasteiger partial charge is 0.563 e. The van der Waals surface area contributed by atoms with E-state index >= 15 is 0 Å². The van der Waals surface area contributed by atoms with Crippen molar-refractivity contribution in [1.29, 1.82) is 0 Å². The van der Waals surface area contributed by atoms with Crippen LogP contribution in [0.25, 0.3) is 5.76 Å². The summed E-state index contributed by atoms with van der Waals surface area (Å²) in [5.41, 5.74) is 8.33. The molecule has 0 aromatic heterocycles. The number of nitrogen functional groups attached to an aromatic ring is 1. The van der Waals surface area contributed by atoms with E-state index in [1.54, 1.807) is 21.0 Å². The number of aliphatic hydroxyl groups excluding tert-OH is 2. The molecule has 1 aromatic rings. The number of hydrogen-bond acceptors (Lipinski definition) is 9. The average molecular weight is 531 g/mol. The van der Waals surface area contributed by atoms with Gasteiger partial charge in [0.05, 0.1) is 6.04 Å². The van der Waals surface area contributed by atoms with E-state index in [0.717, 1.165) is 0 Å². The third-order valence-corrected chi connectivity index (χ3v) is 6.88. The molecule has 0 bridgehead atoms. The molecule has 0 spiro atoms. The van der Waals surface area contributed by atoms with Crippen LogP contribution in [0.1, 0.15) is 23.1 Å². The first kappa shape index (κ1) is 25.4. The van der Waals surface area contributed by atoms with Crippen molar-refractivity contribution in [2.45, 2.75) is 31.4 Å². The summed E-state index contributed by atoms with van der Waals surface area (Å²) >= 11 is 0. The molecule has 33 heavy (non-hydrogen) atoms. The molecule has 3 aliphatic carbocycles. The maximum atomic E-state index is 13.6. The van der Waals surface area contributed by atoms with Gasteiger partial charge in [-0.05, 0) is 37.7 Å². The Balaban J connectivity index is 0.00000306. The van der Waals surface area contributed by atoms with Crippen LogP contribution in [0, 0.1) is 24.8 Å². The van der Waals surface area contributed by atoms with Crippen LogP contribution in [0.15, 0.2) is 16.9 Å². The van der Waals surface area contributed by atoms with Crippen LogP contribution in [0.3, 0.4) is 0 Å². The predicted octanol–water partition coefficient (Wildman–Crippen LogP) is -0.348. The van der Waals surface area contributed by atoms with Gasteiger partial charge in [0, 0.05) is 49.9 Å². The van der Waals surface area contributed by atoms with Crippen molar-refractivity contribution >= 4 is 28.9 Å². The fourth-order valence-corrected chi connectivity index (χ4v) is 5.44. The minimum absolute atomic E-state index is 0. The van der Waals surface area contributed by atoms with Crippen LogP contribution in [0.5, 0.6) is 5.75 Å². The number of nitrogens with zero attached hydrogens (tertiary/aromatic N) is 1. The molecule has 8 N–H and O–H groups in total. The molecule has 0 unspecified atom stereocenters. The van der Waals surface area contributed by atoms with Gasteiger partial charge in [-0.3, -0.25) is 19.3 Å². The predicted molar refractivity (Wildman–Crippen MR) is 112 cm³/mol. The van der Waals surface area contributed by atoms with E-state index in [1.807, 2.05) is 0 Å². The molecule has 4 atom stereocenters. The molecule has 3 aliphatic rings. The fourth-order valence-electron chi connectivity index (χ4n) is 5.44. The smallest absolute Gasteiger partial charge is 0.255 e. The summed E-state index contributed by atoms with van der Waals surface area (Å²) < 4.78 is 0. The third-order valence-electron chi connectivity index (χ3n) is 6.88. The van der Waals surface area contributed by atoms with Gasteiger partial charge in [-0.25, -0.2) is 0 Å². The number of aryl methyl sites for hydroxylation is 1. The maximum absolute atomic E-state index is 13.6. The third kappa shape index (κ3) is 3.26. The molecule has 1 radical (unpaired) electrons. The van der Waals surface area contributed by atoms with Crippen molar-refractivity contribution in [3.8, 4) is 5.75 Å². The average Bonchev–Trinajstić information content (AvgIpc) is 2.68. The summed E-state index contributed by atoms with van der Waals surface area (Å²) in [6.07, 6.45) is 0.251. The molecule has 0 aliphatic heterocycles. The number of carbonyl (C=O) groups is 3. The number of hydrogen-bond donors (Lipinski definition) is 6. The summed E-state index contributed by atoms with van der Waals surface area (Å²) in [6.45, 7) is 1.70. The molecule has 1 saturated carbocycles. The van der Waals surface area contributed by atoms with Gasteiger partial charge in [-0.2, -0.15) is 11.6 Å². The second-order valence-electron chi connectivity index (χ2n) is 8.83. The van der Waals surface area contributed by atoms with Crippen LogP contribution in [0.2, 0.25) is 0 Å². The Morgan fingerprint density at radius 1 is 1.21 bits per heavy atom. The fraction of sp³-hybridized carbons (Fsp3) is 0.409. The quantitative estimate of drug-likeness (QED) is 0.128. The van der Waals surface area contributed by atoms with Gasteiger partial charge in [0.15, 0.2) is 11.4 Å².